The molecule has 50 heavy (non-hydrogen) atoms. The third-order valence-corrected chi connectivity index (χ3v) is 7.84. The Morgan fingerprint density at radius 3 is 2.02 bits per heavy atom. The van der Waals surface area contributed by atoms with E-state index in [0.717, 1.165) is 16.0 Å². The predicted molar refractivity (Wildman–Crippen MR) is 193 cm³/mol. The number of carbonyl (C=O) groups excluding carboxylic acids is 3. The zero-order chi connectivity index (χ0) is 36.8. The molecule has 0 aliphatic carbocycles. The zero-order valence-corrected chi connectivity index (χ0v) is 29.8. The number of ether oxygens (including phenoxy) is 4. The molecule has 0 saturated heterocycles. The van der Waals surface area contributed by atoms with Gasteiger partial charge in [0.1, 0.15) is 18.3 Å². The Bertz CT molecular complexity index is 1500. The van der Waals surface area contributed by atoms with Gasteiger partial charge in [-0.3, -0.25) is 4.79 Å². The van der Waals surface area contributed by atoms with E-state index in [9.17, 15) is 19.5 Å². The molecule has 0 aliphatic heterocycles. The van der Waals surface area contributed by atoms with E-state index in [0.29, 0.717) is 29.9 Å². The minimum atomic E-state index is -1.13. The lowest BCUT2D eigenvalue weighted by Crippen LogP contribution is -2.51. The fourth-order valence-electron chi connectivity index (χ4n) is 5.48. The second-order valence-corrected chi connectivity index (χ2v) is 13.1. The van der Waals surface area contributed by atoms with Gasteiger partial charge in [0.05, 0.1) is 43.4 Å². The molecule has 0 bridgehead atoms. The summed E-state index contributed by atoms with van der Waals surface area (Å²) in [4.78, 5) is 41.1. The molecular formula is C39H51N3O8. The fraction of sp³-hybridized carbons (Fsp3) is 0.410. The molecule has 0 spiro atoms. The van der Waals surface area contributed by atoms with Gasteiger partial charge >= 0.3 is 12.2 Å². The van der Waals surface area contributed by atoms with Crippen LogP contribution in [0.15, 0.2) is 97.3 Å². The molecule has 0 saturated carbocycles. The molecule has 0 unspecified atom stereocenters. The second-order valence-electron chi connectivity index (χ2n) is 13.1. The van der Waals surface area contributed by atoms with Gasteiger partial charge in [-0.1, -0.05) is 85.4 Å². The Morgan fingerprint density at radius 1 is 0.940 bits per heavy atom. The van der Waals surface area contributed by atoms with Crippen molar-refractivity contribution in [1.82, 2.24) is 5.32 Å². The summed E-state index contributed by atoms with van der Waals surface area (Å²) in [7, 11) is 1.22. The van der Waals surface area contributed by atoms with E-state index < -0.39 is 60.5 Å². The Hall–Kier alpha value is -4.71. The van der Waals surface area contributed by atoms with E-state index in [1.54, 1.807) is 39.8 Å². The monoisotopic (exact) mass is 689 g/mol. The highest BCUT2D eigenvalue weighted by atomic mass is 16.6. The average Bonchev–Trinajstić information content (AvgIpc) is 3.08. The number of methoxy groups -OCH3 is 1. The number of alkyl carbamates (subject to hydrolysis) is 1. The number of hydrogen-bond acceptors (Lipinski definition) is 9. The number of anilines is 1. The number of aliphatic hydroxyl groups is 1. The van der Waals surface area contributed by atoms with Crippen LogP contribution in [0.25, 0.3) is 0 Å². The molecule has 0 heterocycles. The zero-order valence-electron chi connectivity index (χ0n) is 29.8. The Labute approximate surface area is 295 Å². The summed E-state index contributed by atoms with van der Waals surface area (Å²) in [6.07, 6.45) is -2.00. The first-order valence-corrected chi connectivity index (χ1v) is 16.6. The summed E-state index contributed by atoms with van der Waals surface area (Å²) in [6.45, 7) is 12.1. The molecule has 3 rings (SSSR count). The van der Waals surface area contributed by atoms with Crippen molar-refractivity contribution in [2.45, 2.75) is 83.3 Å². The Balaban J connectivity index is 1.84. The summed E-state index contributed by atoms with van der Waals surface area (Å²) in [5.41, 5.74) is 8.69. The first kappa shape index (κ1) is 39.7. The van der Waals surface area contributed by atoms with Crippen molar-refractivity contribution in [3.63, 3.8) is 0 Å². The van der Waals surface area contributed by atoms with Crippen LogP contribution in [0.5, 0.6) is 0 Å². The van der Waals surface area contributed by atoms with E-state index >= 15 is 0 Å². The molecule has 3 amide bonds. The Kier molecular flexibility index (Phi) is 15.0. The van der Waals surface area contributed by atoms with E-state index in [4.69, 9.17) is 24.7 Å². The van der Waals surface area contributed by atoms with E-state index in [2.05, 4.69) is 11.9 Å². The smallest absolute Gasteiger partial charge is 0.420 e. The van der Waals surface area contributed by atoms with Gasteiger partial charge in [-0.15, -0.1) is 0 Å². The van der Waals surface area contributed by atoms with Crippen LogP contribution >= 0.6 is 0 Å². The molecule has 11 heteroatoms. The minimum Gasteiger partial charge on any atom is -0.497 e. The number of nitrogens with two attached hydrogens (primary N) is 1. The van der Waals surface area contributed by atoms with Gasteiger partial charge in [-0.05, 0) is 70.2 Å². The van der Waals surface area contributed by atoms with Gasteiger partial charge in [0.25, 0.3) is 5.91 Å². The third-order valence-electron chi connectivity index (χ3n) is 7.84. The molecule has 0 aromatic heterocycles. The van der Waals surface area contributed by atoms with Gasteiger partial charge in [0.2, 0.25) is 0 Å². The summed E-state index contributed by atoms with van der Waals surface area (Å²) < 4.78 is 22.3. The number of amides is 3. The van der Waals surface area contributed by atoms with E-state index in [1.165, 1.54) is 7.11 Å². The van der Waals surface area contributed by atoms with Gasteiger partial charge in [-0.25, -0.2) is 14.5 Å². The number of rotatable bonds is 16. The summed E-state index contributed by atoms with van der Waals surface area (Å²) in [5.74, 6) is -0.727. The first-order valence-electron chi connectivity index (χ1n) is 16.6. The van der Waals surface area contributed by atoms with Crippen LogP contribution in [0.3, 0.4) is 0 Å². The third kappa shape index (κ3) is 11.7. The number of imide groups is 1. The van der Waals surface area contributed by atoms with Crippen LogP contribution in [-0.4, -0.2) is 73.4 Å². The van der Waals surface area contributed by atoms with Gasteiger partial charge in [-0.2, -0.15) is 0 Å². The van der Waals surface area contributed by atoms with E-state index in [1.807, 2.05) is 79.7 Å². The lowest BCUT2D eigenvalue weighted by Gasteiger charge is -2.31. The molecule has 4 atom stereocenters. The van der Waals surface area contributed by atoms with Crippen LogP contribution in [0.4, 0.5) is 15.3 Å². The minimum absolute atomic E-state index is 0.00122. The van der Waals surface area contributed by atoms with Gasteiger partial charge in [0, 0.05) is 5.92 Å². The van der Waals surface area contributed by atoms with Crippen molar-refractivity contribution in [1.29, 1.82) is 0 Å². The van der Waals surface area contributed by atoms with Crippen LogP contribution in [0.2, 0.25) is 0 Å². The lowest BCUT2D eigenvalue weighted by atomic mass is 9.84. The van der Waals surface area contributed by atoms with Crippen molar-refractivity contribution in [3.05, 3.63) is 114 Å². The van der Waals surface area contributed by atoms with Crippen LogP contribution in [0, 0.1) is 0 Å². The van der Waals surface area contributed by atoms with Crippen LogP contribution in [-0.2, 0) is 30.2 Å². The number of hydrogen-bond donors (Lipinski definition) is 3. The summed E-state index contributed by atoms with van der Waals surface area (Å²) in [5, 5.41) is 13.0. The lowest BCUT2D eigenvalue weighted by molar-refractivity contribution is -0.119. The van der Waals surface area contributed by atoms with Crippen molar-refractivity contribution in [2.24, 2.45) is 5.73 Å². The second kappa shape index (κ2) is 18.9. The fourth-order valence-corrected chi connectivity index (χ4v) is 5.48. The quantitative estimate of drug-likeness (QED) is 0.152. The highest BCUT2D eigenvalue weighted by Gasteiger charge is 2.36. The number of allylic oxidation sites excluding steroid dienone is 1. The molecule has 270 valence electrons. The molecule has 0 radical (unpaired) electrons. The molecular weight excluding hydrogens is 638 g/mol. The standard InChI is InChI=1S/C39H51N3O8/c1-26(2)48-25-31(41-37(45)50-39(4,5)6)33(24-43)49-27(3)22-23-28-16-14-15-21-32(28)42(38(46)47-7)36(44)35(40)34(29-17-10-8-11-18-29)30-19-12-9-13-20-30/h8-21,27,31,33-35,43H,1,22-25,40H2,2-7H3,(H,41,45)/t27-,31+,33+,35-/m0/s1. The maximum atomic E-state index is 14.3. The number of aryl methyl sites for hydroxylation is 1. The highest BCUT2D eigenvalue weighted by Crippen LogP contribution is 2.31. The normalized spacial score (nSPS) is 13.8. The first-order chi connectivity index (χ1) is 23.7. The highest BCUT2D eigenvalue weighted by molar-refractivity contribution is 6.15. The number of para-hydroxylation sites is 1. The maximum Gasteiger partial charge on any atom is 0.420 e. The van der Waals surface area contributed by atoms with Crippen molar-refractivity contribution < 1.29 is 38.4 Å². The Morgan fingerprint density at radius 2 is 1.50 bits per heavy atom. The summed E-state index contributed by atoms with van der Waals surface area (Å²) >= 11 is 0. The number of nitrogens with one attached hydrogen (secondary N) is 1. The molecule has 3 aromatic rings. The van der Waals surface area contributed by atoms with Gasteiger partial charge < -0.3 is 35.1 Å². The van der Waals surface area contributed by atoms with Gasteiger partial charge in [0.15, 0.2) is 0 Å². The van der Waals surface area contributed by atoms with Crippen LogP contribution in [0.1, 0.15) is 63.6 Å². The molecule has 3 aromatic carbocycles. The van der Waals surface area contributed by atoms with Crippen molar-refractivity contribution in [3.8, 4) is 0 Å². The summed E-state index contributed by atoms with van der Waals surface area (Å²) in [6, 6.07) is 24.1. The van der Waals surface area contributed by atoms with Crippen LogP contribution < -0.4 is 16.0 Å². The number of aliphatic hydroxyl groups excluding tert-OH is 1. The van der Waals surface area contributed by atoms with Crippen molar-refractivity contribution >= 4 is 23.8 Å². The SMILES string of the molecule is C=C(C)OC[C@@H](NC(=O)OC(C)(C)C)[C@@H](CO)O[C@@H](C)CCc1ccccc1N(C(=O)OC)C(=O)[C@@H](N)C(c1ccccc1)c1ccccc1. The predicted octanol–water partition coefficient (Wildman–Crippen LogP) is 6.09. The molecule has 11 nitrogen and oxygen atoms in total. The largest absolute Gasteiger partial charge is 0.497 e. The maximum absolute atomic E-state index is 14.3. The number of benzene rings is 3. The molecule has 0 fully saturated rings. The van der Waals surface area contributed by atoms with E-state index in [-0.39, 0.29) is 6.61 Å². The topological polar surface area (TPSA) is 150 Å². The number of nitrogens with zero attached hydrogens (tertiary/aromatic N) is 1. The molecule has 4 N–H and O–H groups in total. The number of carbonyl (C=O) groups is 3. The van der Waals surface area contributed by atoms with Crippen molar-refractivity contribution in [2.75, 3.05) is 25.2 Å². The molecule has 0 aliphatic rings. The average molecular weight is 690 g/mol.